The average molecular weight is 316 g/mol. The van der Waals surface area contributed by atoms with Crippen LogP contribution in [0.3, 0.4) is 0 Å². The molecule has 0 aliphatic carbocycles. The third-order valence-corrected chi connectivity index (χ3v) is 4.71. The molecule has 1 aliphatic heterocycles. The lowest BCUT2D eigenvalue weighted by molar-refractivity contribution is 0.00578. The number of pyridine rings is 1. The Balaban J connectivity index is 2.25. The molecule has 1 fully saturated rings. The Morgan fingerprint density at radius 2 is 1.78 bits per heavy atom. The molecule has 2 heterocycles. The summed E-state index contributed by atoms with van der Waals surface area (Å²) in [6.45, 7) is 12.1. The molecule has 0 atom stereocenters. The van der Waals surface area contributed by atoms with Gasteiger partial charge < -0.3 is 14.0 Å². The van der Waals surface area contributed by atoms with Gasteiger partial charge in [0, 0.05) is 11.7 Å². The minimum absolute atomic E-state index is 0.0669. The SMILES string of the molecule is CCC(CC)Oc1ncc(B2OC(C)(C)C(C)(C)O2)cc1C#N. The predicted molar refractivity (Wildman–Crippen MR) is 89.7 cm³/mol. The van der Waals surface area contributed by atoms with Gasteiger partial charge in [0.2, 0.25) is 5.88 Å². The van der Waals surface area contributed by atoms with Crippen LogP contribution in [0.1, 0.15) is 59.9 Å². The zero-order valence-electron chi connectivity index (χ0n) is 14.8. The van der Waals surface area contributed by atoms with Crippen molar-refractivity contribution in [3.63, 3.8) is 0 Å². The first kappa shape index (κ1) is 17.8. The second-order valence-corrected chi connectivity index (χ2v) is 6.88. The number of ether oxygens (including phenoxy) is 1. The summed E-state index contributed by atoms with van der Waals surface area (Å²) in [5.41, 5.74) is 0.297. The van der Waals surface area contributed by atoms with Gasteiger partial charge in [-0.2, -0.15) is 5.26 Å². The molecule has 0 spiro atoms. The molecule has 23 heavy (non-hydrogen) atoms. The molecular weight excluding hydrogens is 291 g/mol. The normalized spacial score (nSPS) is 19.0. The van der Waals surface area contributed by atoms with E-state index in [0.717, 1.165) is 18.3 Å². The lowest BCUT2D eigenvalue weighted by Gasteiger charge is -2.32. The van der Waals surface area contributed by atoms with Gasteiger partial charge in [-0.25, -0.2) is 4.98 Å². The molecular formula is C17H25BN2O3. The van der Waals surface area contributed by atoms with Crippen molar-refractivity contribution in [2.75, 3.05) is 0 Å². The van der Waals surface area contributed by atoms with Crippen molar-refractivity contribution >= 4 is 12.6 Å². The molecule has 0 aromatic carbocycles. The maximum atomic E-state index is 9.40. The third kappa shape index (κ3) is 3.51. The molecule has 0 amide bonds. The van der Waals surface area contributed by atoms with Gasteiger partial charge in [-0.05, 0) is 46.6 Å². The number of nitriles is 1. The zero-order valence-corrected chi connectivity index (χ0v) is 14.8. The fourth-order valence-corrected chi connectivity index (χ4v) is 2.36. The van der Waals surface area contributed by atoms with Crippen LogP contribution < -0.4 is 10.2 Å². The Morgan fingerprint density at radius 3 is 2.26 bits per heavy atom. The summed E-state index contributed by atoms with van der Waals surface area (Å²) in [5.74, 6) is 0.376. The molecule has 1 aromatic rings. The molecule has 5 nitrogen and oxygen atoms in total. The molecule has 2 rings (SSSR count). The van der Waals surface area contributed by atoms with E-state index >= 15 is 0 Å². The first-order chi connectivity index (χ1) is 10.7. The van der Waals surface area contributed by atoms with E-state index in [1.807, 2.05) is 27.7 Å². The molecule has 0 N–H and O–H groups in total. The van der Waals surface area contributed by atoms with Crippen LogP contribution in [0.5, 0.6) is 5.88 Å². The first-order valence-electron chi connectivity index (χ1n) is 8.16. The Bertz CT molecular complexity index is 590. The summed E-state index contributed by atoms with van der Waals surface area (Å²) in [6.07, 6.45) is 3.49. The van der Waals surface area contributed by atoms with Crippen molar-refractivity contribution in [3.05, 3.63) is 17.8 Å². The first-order valence-corrected chi connectivity index (χ1v) is 8.16. The van der Waals surface area contributed by atoms with E-state index in [2.05, 4.69) is 24.9 Å². The number of hydrogen-bond acceptors (Lipinski definition) is 5. The lowest BCUT2D eigenvalue weighted by atomic mass is 9.80. The van der Waals surface area contributed by atoms with Crippen LogP contribution in [-0.4, -0.2) is 29.4 Å². The van der Waals surface area contributed by atoms with Gasteiger partial charge in [-0.15, -0.1) is 0 Å². The van der Waals surface area contributed by atoms with E-state index < -0.39 is 18.3 Å². The summed E-state index contributed by atoms with van der Waals surface area (Å²) in [5, 5.41) is 9.40. The van der Waals surface area contributed by atoms with Crippen LogP contribution in [-0.2, 0) is 9.31 Å². The molecule has 6 heteroatoms. The summed E-state index contributed by atoms with van der Waals surface area (Å²) in [6, 6.07) is 3.90. The number of aromatic nitrogens is 1. The van der Waals surface area contributed by atoms with Crippen molar-refractivity contribution in [1.29, 1.82) is 5.26 Å². The van der Waals surface area contributed by atoms with E-state index in [1.165, 1.54) is 0 Å². The largest absolute Gasteiger partial charge is 0.496 e. The average Bonchev–Trinajstić information content (AvgIpc) is 2.73. The topological polar surface area (TPSA) is 64.4 Å². The highest BCUT2D eigenvalue weighted by Gasteiger charge is 2.51. The van der Waals surface area contributed by atoms with E-state index in [-0.39, 0.29) is 6.10 Å². The monoisotopic (exact) mass is 316 g/mol. The van der Waals surface area contributed by atoms with Gasteiger partial charge in [0.15, 0.2) is 0 Å². The van der Waals surface area contributed by atoms with Gasteiger partial charge >= 0.3 is 7.12 Å². The molecule has 0 saturated carbocycles. The summed E-state index contributed by atoms with van der Waals surface area (Å²) >= 11 is 0. The fourth-order valence-electron chi connectivity index (χ4n) is 2.36. The predicted octanol–water partition coefficient (Wildman–Crippen LogP) is 2.82. The molecule has 0 unspecified atom stereocenters. The van der Waals surface area contributed by atoms with Gasteiger partial charge in [-0.1, -0.05) is 13.8 Å². The summed E-state index contributed by atoms with van der Waals surface area (Å²) in [4.78, 5) is 4.32. The minimum Gasteiger partial charge on any atom is -0.473 e. The molecule has 1 aromatic heterocycles. The Kier molecular flexibility index (Phi) is 5.03. The van der Waals surface area contributed by atoms with E-state index in [4.69, 9.17) is 14.0 Å². The maximum absolute atomic E-state index is 9.40. The molecule has 0 bridgehead atoms. The van der Waals surface area contributed by atoms with Crippen LogP contribution in [0.4, 0.5) is 0 Å². The van der Waals surface area contributed by atoms with E-state index in [1.54, 1.807) is 12.3 Å². The smallest absolute Gasteiger partial charge is 0.473 e. The zero-order chi connectivity index (χ0) is 17.3. The lowest BCUT2D eigenvalue weighted by Crippen LogP contribution is -2.41. The molecule has 0 radical (unpaired) electrons. The van der Waals surface area contributed by atoms with E-state index in [0.29, 0.717) is 11.4 Å². The number of hydrogen-bond donors (Lipinski definition) is 0. The highest BCUT2D eigenvalue weighted by atomic mass is 16.7. The van der Waals surface area contributed by atoms with Crippen molar-refractivity contribution < 1.29 is 14.0 Å². The van der Waals surface area contributed by atoms with Crippen LogP contribution in [0.2, 0.25) is 0 Å². The van der Waals surface area contributed by atoms with Gasteiger partial charge in [0.25, 0.3) is 0 Å². The van der Waals surface area contributed by atoms with Crippen molar-refractivity contribution in [2.45, 2.75) is 71.7 Å². The molecule has 124 valence electrons. The summed E-state index contributed by atoms with van der Waals surface area (Å²) < 4.78 is 17.8. The van der Waals surface area contributed by atoms with Crippen LogP contribution in [0.15, 0.2) is 12.3 Å². The standard InChI is InChI=1S/C17H25BN2O3/c1-7-14(8-2)21-15-12(10-19)9-13(11-20-15)18-22-16(3,4)17(5,6)23-18/h9,11,14H,7-8H2,1-6H3. The van der Waals surface area contributed by atoms with Crippen LogP contribution in [0.25, 0.3) is 0 Å². The number of rotatable bonds is 5. The highest BCUT2D eigenvalue weighted by molar-refractivity contribution is 6.62. The highest BCUT2D eigenvalue weighted by Crippen LogP contribution is 2.36. The minimum atomic E-state index is -0.526. The van der Waals surface area contributed by atoms with Crippen LogP contribution in [0, 0.1) is 11.3 Å². The van der Waals surface area contributed by atoms with Crippen LogP contribution >= 0.6 is 0 Å². The van der Waals surface area contributed by atoms with Gasteiger partial charge in [-0.3, -0.25) is 0 Å². The molecule has 1 aliphatic rings. The van der Waals surface area contributed by atoms with Gasteiger partial charge in [0.1, 0.15) is 11.6 Å². The second kappa shape index (κ2) is 6.50. The van der Waals surface area contributed by atoms with Crippen molar-refractivity contribution in [1.82, 2.24) is 4.98 Å². The van der Waals surface area contributed by atoms with E-state index in [9.17, 15) is 5.26 Å². The molecule has 1 saturated heterocycles. The fraction of sp³-hybridized carbons (Fsp3) is 0.647. The quantitative estimate of drug-likeness (QED) is 0.782. The Morgan fingerprint density at radius 1 is 1.22 bits per heavy atom. The van der Waals surface area contributed by atoms with Crippen molar-refractivity contribution in [3.8, 4) is 11.9 Å². The number of nitrogens with zero attached hydrogens (tertiary/aromatic N) is 2. The summed E-state index contributed by atoms with van der Waals surface area (Å²) in [7, 11) is -0.526. The third-order valence-electron chi connectivity index (χ3n) is 4.71. The van der Waals surface area contributed by atoms with Crippen molar-refractivity contribution in [2.24, 2.45) is 0 Å². The Labute approximate surface area is 139 Å². The van der Waals surface area contributed by atoms with Gasteiger partial charge in [0.05, 0.1) is 17.3 Å². The Hall–Kier alpha value is -1.58. The maximum Gasteiger partial charge on any atom is 0.496 e. The second-order valence-electron chi connectivity index (χ2n) is 6.88.